The van der Waals surface area contributed by atoms with Gasteiger partial charge in [0.25, 0.3) is 0 Å². The fourth-order valence-corrected chi connectivity index (χ4v) is 3.18. The normalized spacial score (nSPS) is 12.2. The molecule has 110 valence electrons. The number of imidazole rings is 1. The van der Waals surface area contributed by atoms with Gasteiger partial charge in [0.15, 0.2) is 4.77 Å². The Kier molecular flexibility index (Phi) is 4.69. The first-order chi connectivity index (χ1) is 9.44. The van der Waals surface area contributed by atoms with Crippen molar-refractivity contribution >= 4 is 23.3 Å². The van der Waals surface area contributed by atoms with Crippen molar-refractivity contribution in [2.75, 3.05) is 0 Å². The third-order valence-corrected chi connectivity index (χ3v) is 4.36. The molecular weight excluding hydrogens is 264 g/mol. The fraction of sp³-hybridized carbons (Fsp3) is 0.588. The second kappa shape index (κ2) is 6.13. The molecule has 1 heterocycles. The molecule has 0 saturated carbocycles. The van der Waals surface area contributed by atoms with Gasteiger partial charge in [0.05, 0.1) is 11.0 Å². The molecule has 0 aliphatic carbocycles. The van der Waals surface area contributed by atoms with Crippen LogP contribution in [0.4, 0.5) is 0 Å². The Morgan fingerprint density at radius 1 is 1.25 bits per heavy atom. The number of benzene rings is 1. The zero-order valence-corrected chi connectivity index (χ0v) is 13.9. The van der Waals surface area contributed by atoms with Gasteiger partial charge in [-0.05, 0) is 42.6 Å². The molecule has 0 radical (unpaired) electrons. The number of aromatic nitrogens is 2. The predicted molar refractivity (Wildman–Crippen MR) is 89.8 cm³/mol. The summed E-state index contributed by atoms with van der Waals surface area (Å²) < 4.78 is 3.13. The molecule has 0 unspecified atom stereocenters. The van der Waals surface area contributed by atoms with Crippen LogP contribution in [-0.4, -0.2) is 9.55 Å². The average molecular weight is 290 g/mol. The van der Waals surface area contributed by atoms with Gasteiger partial charge in [-0.25, -0.2) is 0 Å². The van der Waals surface area contributed by atoms with Crippen LogP contribution in [0.2, 0.25) is 0 Å². The highest BCUT2D eigenvalue weighted by molar-refractivity contribution is 7.71. The Bertz CT molecular complexity index is 634. The molecule has 0 amide bonds. The van der Waals surface area contributed by atoms with Crippen LogP contribution in [-0.2, 0) is 6.54 Å². The second-order valence-corrected chi connectivity index (χ2v) is 7.00. The van der Waals surface area contributed by atoms with E-state index in [4.69, 9.17) is 12.2 Å². The monoisotopic (exact) mass is 290 g/mol. The molecule has 1 aromatic carbocycles. The van der Waals surface area contributed by atoms with E-state index in [1.165, 1.54) is 36.8 Å². The van der Waals surface area contributed by atoms with E-state index < -0.39 is 0 Å². The van der Waals surface area contributed by atoms with Crippen molar-refractivity contribution in [2.24, 2.45) is 5.41 Å². The smallest absolute Gasteiger partial charge is 0.178 e. The van der Waals surface area contributed by atoms with Gasteiger partial charge < -0.3 is 9.55 Å². The van der Waals surface area contributed by atoms with Crippen molar-refractivity contribution in [3.63, 3.8) is 0 Å². The number of nitrogens with one attached hydrogen (secondary N) is 1. The number of hydrogen-bond acceptors (Lipinski definition) is 1. The van der Waals surface area contributed by atoms with E-state index in [0.29, 0.717) is 0 Å². The van der Waals surface area contributed by atoms with Gasteiger partial charge in [-0.15, -0.1) is 0 Å². The maximum Gasteiger partial charge on any atom is 0.178 e. The van der Waals surface area contributed by atoms with Gasteiger partial charge in [0.2, 0.25) is 0 Å². The maximum atomic E-state index is 5.52. The first-order valence-corrected chi connectivity index (χ1v) is 8.03. The summed E-state index contributed by atoms with van der Waals surface area (Å²) in [5.74, 6) is 0. The zero-order valence-electron chi connectivity index (χ0n) is 13.1. The highest BCUT2D eigenvalue weighted by Gasteiger charge is 2.20. The zero-order chi connectivity index (χ0) is 14.8. The van der Waals surface area contributed by atoms with E-state index >= 15 is 0 Å². The van der Waals surface area contributed by atoms with E-state index in [9.17, 15) is 0 Å². The van der Waals surface area contributed by atoms with E-state index in [1.54, 1.807) is 0 Å². The summed E-state index contributed by atoms with van der Waals surface area (Å²) in [6.45, 7) is 10.1. The molecule has 2 aromatic rings. The van der Waals surface area contributed by atoms with E-state index in [2.05, 4.69) is 55.4 Å². The molecule has 0 saturated heterocycles. The van der Waals surface area contributed by atoms with Gasteiger partial charge in [-0.1, -0.05) is 52.2 Å². The Morgan fingerprint density at radius 2 is 2.00 bits per heavy atom. The number of para-hydroxylation sites is 1. The van der Waals surface area contributed by atoms with Crippen molar-refractivity contribution in [2.45, 2.75) is 59.9 Å². The highest BCUT2D eigenvalue weighted by Crippen LogP contribution is 2.29. The summed E-state index contributed by atoms with van der Waals surface area (Å²) in [5.41, 5.74) is 3.99. The topological polar surface area (TPSA) is 20.7 Å². The Balaban J connectivity index is 2.29. The second-order valence-electron chi connectivity index (χ2n) is 6.61. The molecular formula is C17H26N2S. The molecule has 0 spiro atoms. The summed E-state index contributed by atoms with van der Waals surface area (Å²) in [5, 5.41) is 0. The lowest BCUT2D eigenvalue weighted by atomic mass is 9.86. The minimum absolute atomic E-state index is 0.283. The molecule has 2 nitrogen and oxygen atoms in total. The number of rotatable bonds is 6. The fourth-order valence-electron chi connectivity index (χ4n) is 2.91. The van der Waals surface area contributed by atoms with Crippen LogP contribution in [0.5, 0.6) is 0 Å². The van der Waals surface area contributed by atoms with Crippen molar-refractivity contribution in [1.82, 2.24) is 9.55 Å². The standard InChI is InChI=1S/C17H26N2S/c1-5-6-7-11-17(3,4)12-19-15-13(2)9-8-10-14(15)18-16(19)20/h8-10H,5-7,11-12H2,1-4H3,(H,18,20). The Morgan fingerprint density at radius 3 is 2.70 bits per heavy atom. The minimum atomic E-state index is 0.283. The predicted octanol–water partition coefficient (Wildman–Crippen LogP) is 5.61. The quantitative estimate of drug-likeness (QED) is 0.541. The van der Waals surface area contributed by atoms with Crippen molar-refractivity contribution in [3.05, 3.63) is 28.5 Å². The lowest BCUT2D eigenvalue weighted by Gasteiger charge is -2.25. The maximum absolute atomic E-state index is 5.52. The number of unbranched alkanes of at least 4 members (excludes halogenated alkanes) is 2. The van der Waals surface area contributed by atoms with Crippen LogP contribution < -0.4 is 0 Å². The molecule has 1 N–H and O–H groups in total. The van der Waals surface area contributed by atoms with E-state index in [0.717, 1.165) is 16.8 Å². The van der Waals surface area contributed by atoms with E-state index in [-0.39, 0.29) is 5.41 Å². The molecule has 2 rings (SSSR count). The molecule has 20 heavy (non-hydrogen) atoms. The molecule has 0 bridgehead atoms. The number of aryl methyl sites for hydroxylation is 1. The number of H-pyrrole nitrogens is 1. The van der Waals surface area contributed by atoms with E-state index in [1.807, 2.05) is 0 Å². The van der Waals surface area contributed by atoms with Crippen LogP contribution in [0.25, 0.3) is 11.0 Å². The Labute approximate surface area is 127 Å². The molecule has 0 fully saturated rings. The number of fused-ring (bicyclic) bond motifs is 1. The summed E-state index contributed by atoms with van der Waals surface area (Å²) in [6, 6.07) is 6.35. The van der Waals surface area contributed by atoms with Gasteiger partial charge >= 0.3 is 0 Å². The Hall–Kier alpha value is -1.09. The number of nitrogens with zero attached hydrogens (tertiary/aromatic N) is 1. The van der Waals surface area contributed by atoms with Crippen molar-refractivity contribution in [3.8, 4) is 0 Å². The first kappa shape index (κ1) is 15.3. The van der Waals surface area contributed by atoms with Gasteiger partial charge in [-0.3, -0.25) is 0 Å². The number of aromatic amines is 1. The van der Waals surface area contributed by atoms with Crippen LogP contribution in [0, 0.1) is 17.1 Å². The lowest BCUT2D eigenvalue weighted by molar-refractivity contribution is 0.273. The van der Waals surface area contributed by atoms with Crippen molar-refractivity contribution in [1.29, 1.82) is 0 Å². The first-order valence-electron chi connectivity index (χ1n) is 7.63. The molecule has 1 aromatic heterocycles. The largest absolute Gasteiger partial charge is 0.331 e. The minimum Gasteiger partial charge on any atom is -0.331 e. The molecule has 0 atom stereocenters. The molecule has 0 aliphatic rings. The van der Waals surface area contributed by atoms with Crippen LogP contribution in [0.15, 0.2) is 18.2 Å². The molecule has 3 heteroatoms. The van der Waals surface area contributed by atoms with Gasteiger partial charge in [0, 0.05) is 6.54 Å². The SMILES string of the molecule is CCCCCC(C)(C)Cn1c(=S)[nH]c2cccc(C)c21. The summed E-state index contributed by atoms with van der Waals surface area (Å²) in [6.07, 6.45) is 5.16. The number of hydrogen-bond donors (Lipinski definition) is 1. The highest BCUT2D eigenvalue weighted by atomic mass is 32.1. The summed E-state index contributed by atoms with van der Waals surface area (Å²) in [7, 11) is 0. The van der Waals surface area contributed by atoms with Gasteiger partial charge in [-0.2, -0.15) is 0 Å². The van der Waals surface area contributed by atoms with Gasteiger partial charge in [0.1, 0.15) is 0 Å². The average Bonchev–Trinajstić information content (AvgIpc) is 2.67. The summed E-state index contributed by atoms with van der Waals surface area (Å²) in [4.78, 5) is 3.34. The summed E-state index contributed by atoms with van der Waals surface area (Å²) >= 11 is 5.52. The third kappa shape index (κ3) is 3.32. The van der Waals surface area contributed by atoms with Crippen LogP contribution in [0.1, 0.15) is 52.0 Å². The molecule has 0 aliphatic heterocycles. The third-order valence-electron chi connectivity index (χ3n) is 4.04. The van der Waals surface area contributed by atoms with Crippen molar-refractivity contribution < 1.29 is 0 Å². The van der Waals surface area contributed by atoms with Crippen LogP contribution in [0.3, 0.4) is 0 Å². The lowest BCUT2D eigenvalue weighted by Crippen LogP contribution is -2.20. The van der Waals surface area contributed by atoms with Crippen LogP contribution >= 0.6 is 12.2 Å².